The number of H-pyrrole nitrogens is 2. The fourth-order valence-electron chi connectivity index (χ4n) is 3.69. The predicted octanol–water partition coefficient (Wildman–Crippen LogP) is -0.306. The van der Waals surface area contributed by atoms with E-state index in [1.165, 1.54) is 7.05 Å². The third-order valence-electron chi connectivity index (χ3n) is 5.11. The van der Waals surface area contributed by atoms with Crippen LogP contribution in [-0.2, 0) is 7.05 Å². The summed E-state index contributed by atoms with van der Waals surface area (Å²) in [5.74, 6) is 0.660. The molecule has 0 saturated carbocycles. The molecule has 2 fully saturated rings. The monoisotopic (exact) mass is 359 g/mol. The number of rotatable bonds is 3. The molecule has 4 heterocycles. The van der Waals surface area contributed by atoms with Gasteiger partial charge < -0.3 is 14.8 Å². The van der Waals surface area contributed by atoms with E-state index in [2.05, 4.69) is 20.1 Å². The van der Waals surface area contributed by atoms with Gasteiger partial charge in [-0.1, -0.05) is 13.8 Å². The van der Waals surface area contributed by atoms with Gasteiger partial charge >= 0.3 is 5.69 Å². The molecular weight excluding hydrogens is 338 g/mol. The molecule has 0 unspecified atom stereocenters. The molecule has 2 N–H and O–H groups in total. The van der Waals surface area contributed by atoms with Gasteiger partial charge in [0.15, 0.2) is 0 Å². The smallest absolute Gasteiger partial charge is 0.338 e. The molecule has 2 amide bonds. The first-order chi connectivity index (χ1) is 12.3. The maximum atomic E-state index is 12.8. The van der Waals surface area contributed by atoms with Gasteiger partial charge in [0.2, 0.25) is 5.82 Å². The molecule has 0 radical (unpaired) electrons. The minimum absolute atomic E-state index is 0.0299. The number of aromatic nitrogens is 5. The van der Waals surface area contributed by atoms with Crippen LogP contribution in [0.4, 0.5) is 0 Å². The number of carbonyl (C=O) groups excluding carboxylic acids is 2. The van der Waals surface area contributed by atoms with E-state index in [4.69, 9.17) is 0 Å². The van der Waals surface area contributed by atoms with Gasteiger partial charge in [0.05, 0.1) is 18.3 Å². The van der Waals surface area contributed by atoms with E-state index in [-0.39, 0.29) is 35.6 Å². The number of piperazine rings is 1. The van der Waals surface area contributed by atoms with Gasteiger partial charge in [0.25, 0.3) is 11.8 Å². The van der Waals surface area contributed by atoms with Crippen LogP contribution in [-0.4, -0.2) is 71.5 Å². The molecule has 0 spiro atoms. The van der Waals surface area contributed by atoms with Gasteiger partial charge in [0, 0.05) is 26.1 Å². The number of hydrogen-bond donors (Lipinski definition) is 2. The van der Waals surface area contributed by atoms with Crippen LogP contribution in [0, 0.1) is 0 Å². The van der Waals surface area contributed by atoms with Crippen molar-refractivity contribution in [1.82, 2.24) is 34.5 Å². The number of nitrogens with zero attached hydrogens (tertiary/aromatic N) is 5. The zero-order valence-electron chi connectivity index (χ0n) is 14.9. The number of aromatic amines is 2. The summed E-state index contributed by atoms with van der Waals surface area (Å²) in [4.78, 5) is 50.1. The molecule has 2 saturated heterocycles. The molecule has 10 nitrogen and oxygen atoms in total. The molecule has 2 aliphatic heterocycles. The quantitative estimate of drug-likeness (QED) is 0.779. The van der Waals surface area contributed by atoms with Gasteiger partial charge in [-0.2, -0.15) is 0 Å². The van der Waals surface area contributed by atoms with Gasteiger partial charge in [-0.3, -0.25) is 14.6 Å². The molecular formula is C16H21N7O3. The Bertz CT molecular complexity index is 924. The van der Waals surface area contributed by atoms with E-state index in [0.717, 1.165) is 16.9 Å². The van der Waals surface area contributed by atoms with Crippen molar-refractivity contribution in [3.63, 3.8) is 0 Å². The molecule has 2 atom stereocenters. The van der Waals surface area contributed by atoms with Crippen LogP contribution < -0.4 is 5.69 Å². The highest BCUT2D eigenvalue weighted by molar-refractivity contribution is 5.94. The van der Waals surface area contributed by atoms with Crippen LogP contribution in [0.1, 0.15) is 53.1 Å². The Hall–Kier alpha value is -2.91. The molecule has 138 valence electrons. The van der Waals surface area contributed by atoms with Crippen LogP contribution in [0.25, 0.3) is 0 Å². The number of hydrogen-bond acceptors (Lipinski definition) is 5. The van der Waals surface area contributed by atoms with Gasteiger partial charge in [0.1, 0.15) is 11.5 Å². The minimum atomic E-state index is -0.422. The molecule has 2 aromatic rings. The molecule has 2 bridgehead atoms. The van der Waals surface area contributed by atoms with Crippen molar-refractivity contribution >= 4 is 11.8 Å². The van der Waals surface area contributed by atoms with Crippen molar-refractivity contribution < 1.29 is 9.59 Å². The van der Waals surface area contributed by atoms with Crippen molar-refractivity contribution in [2.75, 3.05) is 13.1 Å². The zero-order valence-corrected chi connectivity index (χ0v) is 14.9. The minimum Gasteiger partial charge on any atom is -0.338 e. The van der Waals surface area contributed by atoms with Gasteiger partial charge in [-0.15, -0.1) is 5.10 Å². The Morgan fingerprint density at radius 2 is 1.81 bits per heavy atom. The van der Waals surface area contributed by atoms with E-state index in [1.54, 1.807) is 16.0 Å². The standard InChI is InChI=1S/C16H21N7O3/c1-8(2)12-17-5-11(18-12)14(24)22-6-10-4-9(22)7-23(10)15(25)13-19-16(26)21(3)20-13/h5,8-10H,4,6-7H2,1-3H3,(H,17,18)(H,19,20,26)/t9-,10-/m0/s1. The number of fused-ring (bicyclic) bond motifs is 2. The number of aryl methyl sites for hydroxylation is 1. The average Bonchev–Trinajstić information content (AvgIpc) is 3.37. The molecule has 2 aliphatic rings. The Morgan fingerprint density at radius 1 is 1.15 bits per heavy atom. The topological polar surface area (TPSA) is 120 Å². The Balaban J connectivity index is 1.46. The summed E-state index contributed by atoms with van der Waals surface area (Å²) < 4.78 is 1.10. The molecule has 10 heteroatoms. The van der Waals surface area contributed by atoms with Crippen LogP contribution in [0.2, 0.25) is 0 Å². The SMILES string of the molecule is CC(C)c1ncc(C(=O)N2C[C@@H]3C[C@H]2CN3C(=O)c2nn(C)c(=O)[nH]2)[nH]1. The maximum absolute atomic E-state index is 12.8. The van der Waals surface area contributed by atoms with E-state index in [9.17, 15) is 14.4 Å². The summed E-state index contributed by atoms with van der Waals surface area (Å²) in [6.45, 7) is 4.94. The lowest BCUT2D eigenvalue weighted by Gasteiger charge is -2.33. The maximum Gasteiger partial charge on any atom is 0.343 e. The zero-order chi connectivity index (χ0) is 18.6. The van der Waals surface area contributed by atoms with Crippen LogP contribution in [0.5, 0.6) is 0 Å². The van der Waals surface area contributed by atoms with E-state index in [1.807, 2.05) is 13.8 Å². The third kappa shape index (κ3) is 2.52. The van der Waals surface area contributed by atoms with Crippen molar-refractivity contribution in [3.05, 3.63) is 34.0 Å². The fraction of sp³-hybridized carbons (Fsp3) is 0.562. The highest BCUT2D eigenvalue weighted by atomic mass is 16.2. The molecule has 0 aromatic carbocycles. The number of imidazole rings is 1. The highest BCUT2D eigenvalue weighted by Crippen LogP contribution is 2.32. The summed E-state index contributed by atoms with van der Waals surface area (Å²) >= 11 is 0. The Labute approximate surface area is 149 Å². The fourth-order valence-corrected chi connectivity index (χ4v) is 3.69. The first-order valence-electron chi connectivity index (χ1n) is 8.65. The van der Waals surface area contributed by atoms with Crippen LogP contribution in [0.3, 0.4) is 0 Å². The largest absolute Gasteiger partial charge is 0.343 e. The molecule has 4 rings (SSSR count). The lowest BCUT2D eigenvalue weighted by Crippen LogP contribution is -2.51. The van der Waals surface area contributed by atoms with Crippen molar-refractivity contribution in [3.8, 4) is 0 Å². The Morgan fingerprint density at radius 3 is 2.31 bits per heavy atom. The first-order valence-corrected chi connectivity index (χ1v) is 8.65. The highest BCUT2D eigenvalue weighted by Gasteiger charge is 2.48. The van der Waals surface area contributed by atoms with Crippen molar-refractivity contribution in [2.45, 2.75) is 38.3 Å². The number of amides is 2. The second-order valence-electron chi connectivity index (χ2n) is 7.20. The lowest BCUT2D eigenvalue weighted by molar-refractivity contribution is 0.0517. The summed E-state index contributed by atoms with van der Waals surface area (Å²) in [5, 5.41) is 3.92. The van der Waals surface area contributed by atoms with Gasteiger partial charge in [-0.05, 0) is 6.42 Å². The number of nitrogens with one attached hydrogen (secondary N) is 2. The van der Waals surface area contributed by atoms with Gasteiger partial charge in [-0.25, -0.2) is 14.5 Å². The van der Waals surface area contributed by atoms with E-state index < -0.39 is 5.69 Å². The predicted molar refractivity (Wildman–Crippen MR) is 90.8 cm³/mol. The molecule has 0 aliphatic carbocycles. The number of carbonyl (C=O) groups is 2. The van der Waals surface area contributed by atoms with E-state index >= 15 is 0 Å². The summed E-state index contributed by atoms with van der Waals surface area (Å²) in [6.07, 6.45) is 2.31. The first kappa shape index (κ1) is 16.6. The van der Waals surface area contributed by atoms with Crippen molar-refractivity contribution in [2.24, 2.45) is 7.05 Å². The van der Waals surface area contributed by atoms with Crippen LogP contribution in [0.15, 0.2) is 11.0 Å². The van der Waals surface area contributed by atoms with Crippen LogP contribution >= 0.6 is 0 Å². The summed E-state index contributed by atoms with van der Waals surface area (Å²) in [7, 11) is 1.49. The Kier molecular flexibility index (Phi) is 3.70. The van der Waals surface area contributed by atoms with E-state index in [0.29, 0.717) is 18.8 Å². The third-order valence-corrected chi connectivity index (χ3v) is 5.11. The normalized spacial score (nSPS) is 21.8. The lowest BCUT2D eigenvalue weighted by atomic mass is 10.2. The summed E-state index contributed by atoms with van der Waals surface area (Å²) in [5.41, 5.74) is 0.0582. The molecule has 26 heavy (non-hydrogen) atoms. The summed E-state index contributed by atoms with van der Waals surface area (Å²) in [6, 6.07) is -0.0906. The molecule has 2 aromatic heterocycles. The average molecular weight is 359 g/mol. The number of likely N-dealkylation sites (tertiary alicyclic amines) is 2. The second-order valence-corrected chi connectivity index (χ2v) is 7.20. The second kappa shape index (κ2) is 5.82. The van der Waals surface area contributed by atoms with Crippen molar-refractivity contribution in [1.29, 1.82) is 0 Å².